The molecule has 62 heavy (non-hydrogen) atoms. The summed E-state index contributed by atoms with van der Waals surface area (Å²) in [6, 6.07) is 19.4. The number of amides is 5. The fraction of sp³-hybridized carbons (Fsp3) is 0.348. The Morgan fingerprint density at radius 2 is 1.31 bits per heavy atom. The second-order valence-electron chi connectivity index (χ2n) is 14.1. The largest absolute Gasteiger partial charge is 0.493 e. The van der Waals surface area contributed by atoms with Gasteiger partial charge in [0.25, 0.3) is 17.7 Å². The molecule has 0 saturated heterocycles. The maximum absolute atomic E-state index is 14.2. The first kappa shape index (κ1) is 47.1. The van der Waals surface area contributed by atoms with Crippen molar-refractivity contribution >= 4 is 70.7 Å². The first-order chi connectivity index (χ1) is 29.9. The normalized spacial score (nSPS) is 12.9. The molecule has 5 rings (SSSR count). The zero-order valence-electron chi connectivity index (χ0n) is 35.9. The number of methoxy groups -OCH3 is 2. The molecule has 0 saturated carbocycles. The van der Waals surface area contributed by atoms with Gasteiger partial charge in [0.15, 0.2) is 29.3 Å². The average molecular weight is 885 g/mol. The van der Waals surface area contributed by atoms with Crippen LogP contribution in [0.15, 0.2) is 72.8 Å². The lowest BCUT2D eigenvalue weighted by Crippen LogP contribution is -2.35. The van der Waals surface area contributed by atoms with E-state index in [2.05, 4.69) is 10.6 Å². The Balaban J connectivity index is 1.33. The third kappa shape index (κ3) is 10.9. The molecule has 0 bridgehead atoms. The summed E-state index contributed by atoms with van der Waals surface area (Å²) in [6.45, 7) is 7.19. The van der Waals surface area contributed by atoms with E-state index in [9.17, 15) is 28.8 Å². The number of benzene rings is 4. The molecule has 2 unspecified atom stereocenters. The van der Waals surface area contributed by atoms with Crippen LogP contribution in [0.25, 0.3) is 0 Å². The number of nitrogens with one attached hydrogen (secondary N) is 2. The molecule has 14 nitrogen and oxygen atoms in total. The standard InChI is InChI=1S/C46H52N4O10S2/c1-8-59-41-23-30(17-19-39(41)57-6)37(49(5)44(54)32-13-10-15-35(34(32)25-51)47-28(3)52)26-61-21-12-22-62-27-38(31-18-20-40(58-7)42(24-31)60-9-2)50-45(55)33-14-11-16-36(48-29(4)53)43(33)46(50)56/h10-11,13-20,23-25,37-38H,8-9,12,21-22,26-27H2,1-7H3,(H,47,52)(H,48,53). The van der Waals surface area contributed by atoms with Crippen molar-refractivity contribution in [3.63, 3.8) is 0 Å². The predicted molar refractivity (Wildman–Crippen MR) is 243 cm³/mol. The van der Waals surface area contributed by atoms with E-state index in [4.69, 9.17) is 18.9 Å². The molecule has 5 amide bonds. The molecule has 0 fully saturated rings. The lowest BCUT2D eigenvalue weighted by atomic mass is 10.0. The van der Waals surface area contributed by atoms with Crippen LogP contribution in [-0.2, 0) is 9.59 Å². The number of hydrogen-bond acceptors (Lipinski definition) is 12. The number of aldehydes is 1. The van der Waals surface area contributed by atoms with E-state index in [1.165, 1.54) is 18.7 Å². The molecule has 0 aromatic heterocycles. The van der Waals surface area contributed by atoms with Crippen molar-refractivity contribution in [3.05, 3.63) is 106 Å². The Morgan fingerprint density at radius 1 is 0.742 bits per heavy atom. The molecule has 4 aromatic rings. The van der Waals surface area contributed by atoms with E-state index < -0.39 is 29.8 Å². The molecule has 2 N–H and O–H groups in total. The monoisotopic (exact) mass is 884 g/mol. The lowest BCUT2D eigenvalue weighted by Gasteiger charge is -2.30. The van der Waals surface area contributed by atoms with E-state index >= 15 is 0 Å². The summed E-state index contributed by atoms with van der Waals surface area (Å²) in [5, 5.41) is 5.33. The smallest absolute Gasteiger partial charge is 0.264 e. The summed E-state index contributed by atoms with van der Waals surface area (Å²) in [7, 11) is 4.78. The van der Waals surface area contributed by atoms with Gasteiger partial charge >= 0.3 is 0 Å². The highest BCUT2D eigenvalue weighted by molar-refractivity contribution is 8.00. The van der Waals surface area contributed by atoms with E-state index in [0.717, 1.165) is 12.0 Å². The Morgan fingerprint density at radius 3 is 1.90 bits per heavy atom. The fourth-order valence-corrected chi connectivity index (χ4v) is 9.55. The Labute approximate surface area is 370 Å². The Bertz CT molecular complexity index is 2300. The molecular weight excluding hydrogens is 833 g/mol. The van der Waals surface area contributed by atoms with E-state index in [0.29, 0.717) is 71.1 Å². The molecule has 4 aromatic carbocycles. The van der Waals surface area contributed by atoms with E-state index in [-0.39, 0.29) is 45.4 Å². The quantitative estimate of drug-likeness (QED) is 0.0445. The summed E-state index contributed by atoms with van der Waals surface area (Å²) in [5.74, 6) is 2.29. The highest BCUT2D eigenvalue weighted by Gasteiger charge is 2.42. The van der Waals surface area contributed by atoms with Gasteiger partial charge in [0.1, 0.15) is 0 Å². The molecule has 328 valence electrons. The second-order valence-corrected chi connectivity index (χ2v) is 16.4. The van der Waals surface area contributed by atoms with Crippen molar-refractivity contribution in [1.82, 2.24) is 9.80 Å². The molecule has 1 heterocycles. The SMILES string of the molecule is CCOc1cc(C(CSCCCSCC(c2ccc(OC)c(OCC)c2)N2C(=O)c3cccc(NC(C)=O)c3C2=O)N(C)C(=O)c2cccc(NC(C)=O)c2C=O)ccc1OC. The number of carbonyl (C=O) groups is 6. The topological polar surface area (TPSA) is 170 Å². The van der Waals surface area contributed by atoms with Crippen molar-refractivity contribution < 1.29 is 47.7 Å². The van der Waals surface area contributed by atoms with Gasteiger partial charge in [-0.05, 0) is 91.4 Å². The van der Waals surface area contributed by atoms with Crippen molar-refractivity contribution in [2.24, 2.45) is 0 Å². The van der Waals surface area contributed by atoms with Crippen molar-refractivity contribution in [3.8, 4) is 23.0 Å². The maximum Gasteiger partial charge on any atom is 0.264 e. The van der Waals surface area contributed by atoms with Crippen LogP contribution >= 0.6 is 23.5 Å². The minimum Gasteiger partial charge on any atom is -0.493 e. The number of carbonyl (C=O) groups excluding carboxylic acids is 6. The number of nitrogens with zero attached hydrogens (tertiary/aromatic N) is 2. The summed E-state index contributed by atoms with van der Waals surface area (Å²) >= 11 is 3.24. The van der Waals surface area contributed by atoms with Crippen LogP contribution in [0, 0.1) is 0 Å². The lowest BCUT2D eigenvalue weighted by molar-refractivity contribution is -0.115. The fourth-order valence-electron chi connectivity index (χ4n) is 7.13. The van der Waals surface area contributed by atoms with Gasteiger partial charge in [-0.1, -0.05) is 24.3 Å². The number of rotatable bonds is 22. The van der Waals surface area contributed by atoms with Gasteiger partial charge in [0, 0.05) is 32.4 Å². The molecule has 1 aliphatic heterocycles. The van der Waals surface area contributed by atoms with E-state index in [1.807, 2.05) is 32.0 Å². The maximum atomic E-state index is 14.2. The highest BCUT2D eigenvalue weighted by Crippen LogP contribution is 2.40. The van der Waals surface area contributed by atoms with Crippen molar-refractivity contribution in [1.29, 1.82) is 0 Å². The number of imide groups is 1. The molecule has 1 aliphatic rings. The van der Waals surface area contributed by atoms with Crippen LogP contribution in [-0.4, -0.2) is 103 Å². The van der Waals surface area contributed by atoms with Gasteiger partial charge in [-0.25, -0.2) is 0 Å². The van der Waals surface area contributed by atoms with Gasteiger partial charge < -0.3 is 34.5 Å². The summed E-state index contributed by atoms with van der Waals surface area (Å²) in [4.78, 5) is 81.2. The van der Waals surface area contributed by atoms with Gasteiger partial charge in [-0.15, -0.1) is 0 Å². The number of ether oxygens (including phenoxy) is 4. The van der Waals surface area contributed by atoms with Gasteiger partial charge in [0.05, 0.1) is 73.1 Å². The second kappa shape index (κ2) is 22.2. The number of anilines is 2. The van der Waals surface area contributed by atoms with Crippen LogP contribution in [0.2, 0.25) is 0 Å². The molecule has 0 radical (unpaired) electrons. The first-order valence-electron chi connectivity index (χ1n) is 20.1. The summed E-state index contributed by atoms with van der Waals surface area (Å²) < 4.78 is 22.8. The van der Waals surface area contributed by atoms with Crippen LogP contribution in [0.5, 0.6) is 23.0 Å². The first-order valence-corrected chi connectivity index (χ1v) is 22.4. The third-order valence-corrected chi connectivity index (χ3v) is 12.3. The van der Waals surface area contributed by atoms with Crippen LogP contribution in [0.1, 0.15) is 98.8 Å². The number of fused-ring (bicyclic) bond motifs is 1. The van der Waals surface area contributed by atoms with Crippen LogP contribution < -0.4 is 29.6 Å². The zero-order chi connectivity index (χ0) is 44.9. The van der Waals surface area contributed by atoms with Crippen molar-refractivity contribution in [2.75, 3.05) is 68.1 Å². The average Bonchev–Trinajstić information content (AvgIpc) is 3.51. The Hall–Kier alpha value is -6.00. The number of thioether (sulfide) groups is 2. The summed E-state index contributed by atoms with van der Waals surface area (Å²) in [5.41, 5.74) is 2.64. The van der Waals surface area contributed by atoms with Crippen LogP contribution in [0.4, 0.5) is 11.4 Å². The minimum absolute atomic E-state index is 0.0872. The predicted octanol–water partition coefficient (Wildman–Crippen LogP) is 7.94. The van der Waals surface area contributed by atoms with Gasteiger partial charge in [-0.3, -0.25) is 33.7 Å². The molecule has 0 aliphatic carbocycles. The zero-order valence-corrected chi connectivity index (χ0v) is 37.5. The summed E-state index contributed by atoms with van der Waals surface area (Å²) in [6.07, 6.45) is 1.33. The minimum atomic E-state index is -0.672. The Kier molecular flexibility index (Phi) is 16.8. The molecule has 16 heteroatoms. The molecule has 2 atom stereocenters. The number of hydrogen-bond donors (Lipinski definition) is 2. The van der Waals surface area contributed by atoms with E-state index in [1.54, 1.807) is 104 Å². The van der Waals surface area contributed by atoms with Gasteiger partial charge in [0.2, 0.25) is 11.8 Å². The van der Waals surface area contributed by atoms with Crippen LogP contribution in [0.3, 0.4) is 0 Å². The highest BCUT2D eigenvalue weighted by atomic mass is 32.2. The van der Waals surface area contributed by atoms with Crippen molar-refractivity contribution in [2.45, 2.75) is 46.2 Å². The molecule has 0 spiro atoms. The molecular formula is C46H52N4O10S2. The van der Waals surface area contributed by atoms with Gasteiger partial charge in [-0.2, -0.15) is 23.5 Å². The third-order valence-electron chi connectivity index (χ3n) is 10.00.